The number of hydrogen-bond donors (Lipinski definition) is 3. The Bertz CT molecular complexity index is 1080. The summed E-state index contributed by atoms with van der Waals surface area (Å²) in [5, 5.41) is 5.49. The fourth-order valence-corrected chi connectivity index (χ4v) is 3.28. The van der Waals surface area contributed by atoms with Crippen LogP contribution in [0, 0.1) is 0 Å². The monoisotopic (exact) mass is 431 g/mol. The third-order valence-corrected chi connectivity index (χ3v) is 5.17. The van der Waals surface area contributed by atoms with Crippen molar-refractivity contribution in [2.45, 2.75) is 4.90 Å². The summed E-state index contributed by atoms with van der Waals surface area (Å²) in [7, 11) is 0. The number of nitrogens with one attached hydrogen (secondary N) is 2. The highest BCUT2D eigenvalue weighted by molar-refractivity contribution is 8.00. The van der Waals surface area contributed by atoms with E-state index >= 15 is 0 Å². The van der Waals surface area contributed by atoms with Crippen LogP contribution >= 0.6 is 11.8 Å². The van der Waals surface area contributed by atoms with Gasteiger partial charge in [0.1, 0.15) is 5.70 Å². The molecule has 0 fully saturated rings. The fraction of sp³-hybridized carbons (Fsp3) is 0.0417. The first-order chi connectivity index (χ1) is 15.0. The number of carbonyl (C=O) groups excluding carboxylic acids is 3. The van der Waals surface area contributed by atoms with Crippen LogP contribution in [0.15, 0.2) is 95.5 Å². The van der Waals surface area contributed by atoms with Crippen molar-refractivity contribution < 1.29 is 14.4 Å². The molecule has 0 aliphatic heterocycles. The number of rotatable bonds is 8. The van der Waals surface area contributed by atoms with Crippen LogP contribution < -0.4 is 16.4 Å². The van der Waals surface area contributed by atoms with E-state index in [2.05, 4.69) is 10.6 Å². The lowest BCUT2D eigenvalue weighted by Gasteiger charge is -2.12. The van der Waals surface area contributed by atoms with Crippen molar-refractivity contribution >= 4 is 41.2 Å². The molecule has 0 unspecified atom stereocenters. The van der Waals surface area contributed by atoms with Gasteiger partial charge in [-0.3, -0.25) is 14.4 Å². The summed E-state index contributed by atoms with van der Waals surface area (Å²) >= 11 is 1.31. The molecule has 0 saturated heterocycles. The minimum absolute atomic E-state index is 0.118. The first-order valence-electron chi connectivity index (χ1n) is 9.47. The van der Waals surface area contributed by atoms with E-state index in [0.717, 1.165) is 10.5 Å². The predicted octanol–water partition coefficient (Wildman–Crippen LogP) is 3.67. The maximum atomic E-state index is 12.9. The van der Waals surface area contributed by atoms with Gasteiger partial charge in [0.25, 0.3) is 11.8 Å². The molecule has 0 aliphatic rings. The summed E-state index contributed by atoms with van der Waals surface area (Å²) in [6.45, 7) is 0. The smallest absolute Gasteiger partial charge is 0.272 e. The number of carbonyl (C=O) groups is 3. The lowest BCUT2D eigenvalue weighted by Crippen LogP contribution is -2.30. The summed E-state index contributed by atoms with van der Waals surface area (Å²) in [4.78, 5) is 37.3. The van der Waals surface area contributed by atoms with E-state index in [1.807, 2.05) is 36.4 Å². The normalized spacial score (nSPS) is 10.9. The standard InChI is InChI=1S/C24H21N3O3S/c25-22(28)16-31-20-13-11-19(12-14-20)26-24(30)21(15-17-7-3-1-4-8-17)27-23(29)18-9-5-2-6-10-18/h1-15H,16H2,(H2,25,28)(H,26,30)(H,27,29)/b21-15-. The number of thioether (sulfide) groups is 1. The number of nitrogens with two attached hydrogens (primary N) is 1. The van der Waals surface area contributed by atoms with Gasteiger partial charge in [-0.15, -0.1) is 11.8 Å². The van der Waals surface area contributed by atoms with Crippen LogP contribution in [0.25, 0.3) is 6.08 Å². The highest BCUT2D eigenvalue weighted by Crippen LogP contribution is 2.20. The molecule has 0 saturated carbocycles. The lowest BCUT2D eigenvalue weighted by molar-refractivity contribution is -0.115. The highest BCUT2D eigenvalue weighted by Gasteiger charge is 2.15. The number of amides is 3. The largest absolute Gasteiger partial charge is 0.369 e. The molecule has 0 bridgehead atoms. The second-order valence-corrected chi connectivity index (χ2v) is 7.57. The second kappa shape index (κ2) is 10.8. The van der Waals surface area contributed by atoms with E-state index in [9.17, 15) is 14.4 Å². The van der Waals surface area contributed by atoms with Gasteiger partial charge in [-0.05, 0) is 48.0 Å². The van der Waals surface area contributed by atoms with Crippen molar-refractivity contribution in [2.75, 3.05) is 11.1 Å². The first-order valence-corrected chi connectivity index (χ1v) is 10.5. The minimum atomic E-state index is -0.453. The van der Waals surface area contributed by atoms with Crippen molar-refractivity contribution in [3.05, 3.63) is 102 Å². The number of primary amides is 1. The van der Waals surface area contributed by atoms with Gasteiger partial charge in [-0.1, -0.05) is 48.5 Å². The van der Waals surface area contributed by atoms with E-state index in [4.69, 9.17) is 5.73 Å². The Labute approximate surface area is 184 Å². The summed E-state index contributed by atoms with van der Waals surface area (Å²) < 4.78 is 0. The Kier molecular flexibility index (Phi) is 7.61. The maximum Gasteiger partial charge on any atom is 0.272 e. The molecule has 3 amide bonds. The van der Waals surface area contributed by atoms with Crippen LogP contribution in [0.3, 0.4) is 0 Å². The molecule has 0 aromatic heterocycles. The molecule has 0 atom stereocenters. The summed E-state index contributed by atoms with van der Waals surface area (Å²) in [6.07, 6.45) is 1.62. The zero-order valence-electron chi connectivity index (χ0n) is 16.6. The molecule has 6 nitrogen and oxygen atoms in total. The van der Waals surface area contributed by atoms with Crippen LogP contribution in [-0.2, 0) is 9.59 Å². The Morgan fingerprint density at radius 2 is 1.45 bits per heavy atom. The number of anilines is 1. The fourth-order valence-electron chi connectivity index (χ4n) is 2.65. The second-order valence-electron chi connectivity index (χ2n) is 6.52. The van der Waals surface area contributed by atoms with E-state index in [1.54, 1.807) is 54.6 Å². The summed E-state index contributed by atoms with van der Waals surface area (Å²) in [5.41, 5.74) is 7.06. The molecule has 0 spiro atoms. The van der Waals surface area contributed by atoms with Gasteiger partial charge in [-0.25, -0.2) is 0 Å². The van der Waals surface area contributed by atoms with Gasteiger partial charge in [0.2, 0.25) is 5.91 Å². The molecule has 3 rings (SSSR count). The van der Waals surface area contributed by atoms with Gasteiger partial charge < -0.3 is 16.4 Å². The third-order valence-electron chi connectivity index (χ3n) is 4.13. The quantitative estimate of drug-likeness (QED) is 0.374. The molecule has 0 heterocycles. The Balaban J connectivity index is 1.77. The van der Waals surface area contributed by atoms with Gasteiger partial charge in [0.15, 0.2) is 0 Å². The van der Waals surface area contributed by atoms with E-state index in [1.165, 1.54) is 11.8 Å². The molecule has 0 aliphatic carbocycles. The van der Waals surface area contributed by atoms with E-state index < -0.39 is 11.8 Å². The third kappa shape index (κ3) is 6.87. The van der Waals surface area contributed by atoms with E-state index in [0.29, 0.717) is 11.3 Å². The maximum absolute atomic E-state index is 12.9. The summed E-state index contributed by atoms with van der Waals surface area (Å²) in [6, 6.07) is 24.9. The molecule has 3 aromatic rings. The van der Waals surface area contributed by atoms with Crippen LogP contribution in [0.1, 0.15) is 15.9 Å². The lowest BCUT2D eigenvalue weighted by atomic mass is 10.1. The molecule has 0 radical (unpaired) electrons. The Morgan fingerprint density at radius 3 is 2.06 bits per heavy atom. The van der Waals surface area contributed by atoms with Crippen molar-refractivity contribution in [1.29, 1.82) is 0 Å². The average Bonchev–Trinajstić information content (AvgIpc) is 2.79. The van der Waals surface area contributed by atoms with Crippen LogP contribution in [0.2, 0.25) is 0 Å². The topological polar surface area (TPSA) is 101 Å². The Morgan fingerprint density at radius 1 is 0.839 bits per heavy atom. The highest BCUT2D eigenvalue weighted by atomic mass is 32.2. The molecule has 7 heteroatoms. The molecule has 3 aromatic carbocycles. The van der Waals surface area contributed by atoms with Gasteiger partial charge in [0.05, 0.1) is 5.75 Å². The molecular formula is C24H21N3O3S. The minimum Gasteiger partial charge on any atom is -0.369 e. The molecule has 156 valence electrons. The van der Waals surface area contributed by atoms with Crippen molar-refractivity contribution in [2.24, 2.45) is 5.73 Å². The van der Waals surface area contributed by atoms with Crippen LogP contribution in [-0.4, -0.2) is 23.5 Å². The van der Waals surface area contributed by atoms with Crippen LogP contribution in [0.5, 0.6) is 0 Å². The average molecular weight is 432 g/mol. The van der Waals surface area contributed by atoms with Gasteiger partial charge in [-0.2, -0.15) is 0 Å². The zero-order chi connectivity index (χ0) is 22.1. The molecular weight excluding hydrogens is 410 g/mol. The van der Waals surface area contributed by atoms with Crippen LogP contribution in [0.4, 0.5) is 5.69 Å². The number of benzene rings is 3. The Hall–Kier alpha value is -3.84. The van der Waals surface area contributed by atoms with E-state index in [-0.39, 0.29) is 17.4 Å². The number of hydrogen-bond acceptors (Lipinski definition) is 4. The predicted molar refractivity (Wildman–Crippen MR) is 123 cm³/mol. The molecule has 4 N–H and O–H groups in total. The SMILES string of the molecule is NC(=O)CSc1ccc(NC(=O)/C(=C/c2ccccc2)NC(=O)c2ccccc2)cc1. The van der Waals surface area contributed by atoms with Crippen molar-refractivity contribution in [3.63, 3.8) is 0 Å². The van der Waals surface area contributed by atoms with Crippen molar-refractivity contribution in [3.8, 4) is 0 Å². The summed E-state index contributed by atoms with van der Waals surface area (Å²) in [5.74, 6) is -1.05. The van der Waals surface area contributed by atoms with Gasteiger partial charge in [0, 0.05) is 16.1 Å². The van der Waals surface area contributed by atoms with Gasteiger partial charge >= 0.3 is 0 Å². The zero-order valence-corrected chi connectivity index (χ0v) is 17.4. The van der Waals surface area contributed by atoms with Crippen molar-refractivity contribution in [1.82, 2.24) is 5.32 Å². The first kappa shape index (κ1) is 21.9. The molecule has 31 heavy (non-hydrogen) atoms.